The molecule has 5 N–H and O–H groups in total. The maximum atomic E-state index is 14.7. The Morgan fingerprint density at radius 3 is 2.28 bits per heavy atom. The monoisotopic (exact) mass is 1190 g/mol. The molecule has 3 aliphatic heterocycles. The molecule has 3 atom stereocenters. The van der Waals surface area contributed by atoms with Crippen LogP contribution in [-0.4, -0.2) is 140 Å². The number of aryl methyl sites for hydroxylation is 1. The van der Waals surface area contributed by atoms with Gasteiger partial charge < -0.3 is 50.5 Å². The number of carbonyl (C=O) groups is 6. The summed E-state index contributed by atoms with van der Waals surface area (Å²) < 4.78 is 26.9. The van der Waals surface area contributed by atoms with Crippen molar-refractivity contribution in [3.05, 3.63) is 70.6 Å². The standard InChI is InChI=1S/C59H76ClFN10O9S2/c1-35-49(81-34-66-35)36-12-13-37(29-64-51(75)41-25-38(72)32-71(41)52(76)50(55(2,3)4)68-53(77)59(61)14-15-59)42(24-36)79-39-27-58(28-39)18-22-70(23-19-58)47(74)26-45(73)67-40-10-9-11-43(48(40)60)82-46-31-62-44(30-63-46)69-20-16-57(8,17-21-69)33-65-54(78)80-56(5,6)7/h9-13,24,30-31,34,38-39,41,50,72H,14-23,25-29,32-33H2,1-8H3,(H,64,75)(H,65,78)(H,67,73)(H,68,77)/t38-,41+,50-/m1/s1. The average molecular weight is 1190 g/mol. The number of aliphatic hydroxyl groups excluding tert-OH is 1. The van der Waals surface area contributed by atoms with E-state index < -0.39 is 64.6 Å². The number of β-amino-alcohol motifs (C(OH)–C–C–N with tert-alkyl or cyclic N) is 1. The van der Waals surface area contributed by atoms with Gasteiger partial charge in [0, 0.05) is 62.7 Å². The molecule has 1 spiro atoms. The average Bonchev–Trinajstić information content (AvgIpc) is 4.00. The molecule has 442 valence electrons. The number of nitrogens with zero attached hydrogens (tertiary/aromatic N) is 6. The summed E-state index contributed by atoms with van der Waals surface area (Å²) in [7, 11) is 0. The fourth-order valence-corrected chi connectivity index (χ4v) is 13.0. The lowest BCUT2D eigenvalue weighted by molar-refractivity contribution is -0.145. The second kappa shape index (κ2) is 24.2. The quantitative estimate of drug-likeness (QED) is 0.0623. The highest BCUT2D eigenvalue weighted by atomic mass is 35.5. The van der Waals surface area contributed by atoms with Gasteiger partial charge in [-0.3, -0.25) is 24.0 Å². The number of thiazole rings is 1. The Bertz CT molecular complexity index is 3030. The molecule has 9 rings (SSSR count). The second-order valence-electron chi connectivity index (χ2n) is 25.3. The summed E-state index contributed by atoms with van der Waals surface area (Å²) in [6, 6.07) is 8.99. The van der Waals surface area contributed by atoms with E-state index in [0.29, 0.717) is 51.6 Å². The molecule has 5 fully saturated rings. The van der Waals surface area contributed by atoms with Crippen LogP contribution in [0.2, 0.25) is 5.02 Å². The van der Waals surface area contributed by atoms with Gasteiger partial charge in [0.15, 0.2) is 5.67 Å². The van der Waals surface area contributed by atoms with Gasteiger partial charge in [-0.05, 0) is 119 Å². The molecule has 5 heterocycles. The number of hydrogen-bond acceptors (Lipinski definition) is 15. The van der Waals surface area contributed by atoms with Gasteiger partial charge in [-0.1, -0.05) is 69.3 Å². The number of benzene rings is 2. The van der Waals surface area contributed by atoms with Crippen molar-refractivity contribution in [2.75, 3.05) is 49.5 Å². The Balaban J connectivity index is 0.743. The Kier molecular flexibility index (Phi) is 17.9. The maximum absolute atomic E-state index is 14.7. The van der Waals surface area contributed by atoms with Gasteiger partial charge in [-0.25, -0.2) is 24.1 Å². The number of alkyl carbamates (subject to hydrolysis) is 1. The lowest BCUT2D eigenvalue weighted by Gasteiger charge is -2.51. The van der Waals surface area contributed by atoms with Gasteiger partial charge in [0.05, 0.1) is 51.4 Å². The highest BCUT2D eigenvalue weighted by molar-refractivity contribution is 7.99. The third kappa shape index (κ3) is 14.6. The number of aliphatic hydroxyl groups is 1. The fraction of sp³-hybridized carbons (Fsp3) is 0.576. The maximum Gasteiger partial charge on any atom is 0.407 e. The summed E-state index contributed by atoms with van der Waals surface area (Å²) in [6.45, 7) is 17.9. The van der Waals surface area contributed by atoms with Crippen LogP contribution in [-0.2, 0) is 35.3 Å². The number of piperidine rings is 2. The van der Waals surface area contributed by atoms with Crippen molar-refractivity contribution in [3.63, 3.8) is 0 Å². The van der Waals surface area contributed by atoms with Gasteiger partial charge in [0.1, 0.15) is 40.7 Å². The Hall–Kier alpha value is -6.10. The number of carbonyl (C=O) groups excluding carboxylic acids is 6. The molecule has 2 aliphatic carbocycles. The third-order valence-electron chi connectivity index (χ3n) is 16.4. The van der Waals surface area contributed by atoms with Crippen LogP contribution in [0, 0.1) is 23.2 Å². The fourth-order valence-electron chi connectivity index (χ4n) is 11.2. The van der Waals surface area contributed by atoms with E-state index in [2.05, 4.69) is 43.1 Å². The molecule has 0 bridgehead atoms. The second-order valence-corrected chi connectivity index (χ2v) is 27.6. The number of anilines is 2. The van der Waals surface area contributed by atoms with Crippen LogP contribution < -0.4 is 30.9 Å². The van der Waals surface area contributed by atoms with Crippen LogP contribution in [0.25, 0.3) is 10.4 Å². The topological polar surface area (TPSA) is 238 Å². The van der Waals surface area contributed by atoms with E-state index in [1.165, 1.54) is 28.0 Å². The SMILES string of the molecule is Cc1ncsc1-c1ccc(CNC(=O)[C@@H]2C[C@@H](O)CN2C(=O)[C@@H](NC(=O)C2(F)CC2)C(C)(C)C)c(OC2CC3(CCN(C(=O)CC(=O)Nc4cccc(Sc5cnc(N6CCC(C)(CNC(=O)OC(C)(C)C)CC6)cn5)c4Cl)CC3)C2)c1. The minimum Gasteiger partial charge on any atom is -0.490 e. The van der Waals surface area contributed by atoms with E-state index in [9.17, 15) is 38.3 Å². The van der Waals surface area contributed by atoms with E-state index in [-0.39, 0.29) is 61.6 Å². The summed E-state index contributed by atoms with van der Waals surface area (Å²) in [4.78, 5) is 101. The zero-order valence-electron chi connectivity index (χ0n) is 48.0. The minimum absolute atomic E-state index is 0.00250. The number of likely N-dealkylation sites (tertiary alicyclic amines) is 2. The van der Waals surface area contributed by atoms with E-state index in [4.69, 9.17) is 26.1 Å². The highest BCUT2D eigenvalue weighted by Gasteiger charge is 2.54. The largest absolute Gasteiger partial charge is 0.490 e. The zero-order chi connectivity index (χ0) is 58.9. The van der Waals surface area contributed by atoms with Crippen molar-refractivity contribution in [1.82, 2.24) is 40.7 Å². The van der Waals surface area contributed by atoms with E-state index >= 15 is 0 Å². The van der Waals surface area contributed by atoms with Gasteiger partial charge in [0.2, 0.25) is 23.6 Å². The van der Waals surface area contributed by atoms with Gasteiger partial charge in [-0.15, -0.1) is 11.3 Å². The normalized spacial score (nSPS) is 20.5. The number of aromatic nitrogens is 3. The van der Waals surface area contributed by atoms with Crippen LogP contribution in [0.5, 0.6) is 5.75 Å². The van der Waals surface area contributed by atoms with E-state index in [1.54, 1.807) is 55.7 Å². The van der Waals surface area contributed by atoms with Crippen LogP contribution in [0.1, 0.15) is 124 Å². The zero-order valence-corrected chi connectivity index (χ0v) is 50.4. The van der Waals surface area contributed by atoms with Gasteiger partial charge in [-0.2, -0.15) is 0 Å². The molecule has 0 radical (unpaired) electrons. The number of rotatable bonds is 17. The van der Waals surface area contributed by atoms with Crippen LogP contribution in [0.3, 0.4) is 0 Å². The van der Waals surface area contributed by atoms with Crippen LogP contribution in [0.4, 0.5) is 20.7 Å². The summed E-state index contributed by atoms with van der Waals surface area (Å²) in [5, 5.41) is 23.0. The molecular formula is C59H76ClFN10O9S2. The molecule has 82 heavy (non-hydrogen) atoms. The van der Waals surface area contributed by atoms with E-state index in [0.717, 1.165) is 73.6 Å². The first kappa shape index (κ1) is 60.5. The van der Waals surface area contributed by atoms with Crippen LogP contribution >= 0.6 is 34.7 Å². The third-order valence-corrected chi connectivity index (χ3v) is 18.9. The number of alkyl halides is 1. The molecule has 2 aromatic carbocycles. The molecule has 3 saturated heterocycles. The van der Waals surface area contributed by atoms with Gasteiger partial charge in [0.25, 0.3) is 5.91 Å². The smallest absolute Gasteiger partial charge is 0.407 e. The Labute approximate surface area is 492 Å². The predicted octanol–water partition coefficient (Wildman–Crippen LogP) is 8.63. The molecule has 23 heteroatoms. The molecule has 4 aromatic rings. The highest BCUT2D eigenvalue weighted by Crippen LogP contribution is 2.51. The number of hydrogen-bond donors (Lipinski definition) is 5. The molecule has 5 aliphatic rings. The van der Waals surface area contributed by atoms with Crippen molar-refractivity contribution in [2.45, 2.75) is 172 Å². The van der Waals surface area contributed by atoms with Crippen LogP contribution in [0.15, 0.2) is 64.2 Å². The van der Waals surface area contributed by atoms with Crippen molar-refractivity contribution in [3.8, 4) is 16.2 Å². The number of halogens is 2. The molecule has 0 unspecified atom stereocenters. The summed E-state index contributed by atoms with van der Waals surface area (Å²) in [5.41, 5.74) is 1.21. The molecule has 2 saturated carbocycles. The van der Waals surface area contributed by atoms with Crippen molar-refractivity contribution in [1.29, 1.82) is 0 Å². The Morgan fingerprint density at radius 1 is 0.927 bits per heavy atom. The van der Waals surface area contributed by atoms with Gasteiger partial charge >= 0.3 is 6.09 Å². The first-order valence-corrected chi connectivity index (χ1v) is 30.3. The number of nitrogens with one attached hydrogen (secondary N) is 4. The van der Waals surface area contributed by atoms with Crippen molar-refractivity contribution < 1.29 is 47.7 Å². The summed E-state index contributed by atoms with van der Waals surface area (Å²) in [6.07, 6.45) is 6.52. The molecule has 6 amide bonds. The lowest BCUT2D eigenvalue weighted by Crippen LogP contribution is -2.59. The van der Waals surface area contributed by atoms with Crippen molar-refractivity contribution in [2.24, 2.45) is 16.2 Å². The number of amides is 6. The van der Waals surface area contributed by atoms with Crippen molar-refractivity contribution >= 4 is 81.8 Å². The Morgan fingerprint density at radius 2 is 1.65 bits per heavy atom. The first-order valence-electron chi connectivity index (χ1n) is 28.2. The molecular weight excluding hydrogens is 1110 g/mol. The summed E-state index contributed by atoms with van der Waals surface area (Å²) >= 11 is 9.67. The van der Waals surface area contributed by atoms with E-state index in [1.807, 2.05) is 52.0 Å². The molecule has 2 aromatic heterocycles. The predicted molar refractivity (Wildman–Crippen MR) is 311 cm³/mol. The number of ether oxygens (including phenoxy) is 2. The minimum atomic E-state index is -1.99. The lowest BCUT2D eigenvalue weighted by atomic mass is 9.61. The summed E-state index contributed by atoms with van der Waals surface area (Å²) in [5.74, 6) is -1.26. The first-order chi connectivity index (χ1) is 38.7. The molecule has 19 nitrogen and oxygen atoms in total.